The zero-order valence-electron chi connectivity index (χ0n) is 26.0. The molecular weight excluding hydrogens is 642 g/mol. The first-order valence-corrected chi connectivity index (χ1v) is 15.8. The van der Waals surface area contributed by atoms with Gasteiger partial charge in [0.05, 0.1) is 20.2 Å². The molecule has 0 radical (unpaired) electrons. The zero-order valence-corrected chi connectivity index (χ0v) is 26.8. The van der Waals surface area contributed by atoms with Crippen molar-refractivity contribution in [2.24, 2.45) is 0 Å². The first-order valence-electron chi connectivity index (χ1n) is 15.0. The van der Waals surface area contributed by atoms with Gasteiger partial charge in [-0.2, -0.15) is 4.98 Å². The first kappa shape index (κ1) is 34.4. The molecule has 1 aromatic carbocycles. The van der Waals surface area contributed by atoms with E-state index in [1.807, 2.05) is 6.92 Å². The minimum atomic E-state index is -2.98. The summed E-state index contributed by atoms with van der Waals surface area (Å²) in [7, 11) is 1.59. The third-order valence-electron chi connectivity index (χ3n) is 7.55. The van der Waals surface area contributed by atoms with E-state index in [9.17, 15) is 31.9 Å². The maximum atomic E-state index is 13.6. The van der Waals surface area contributed by atoms with Crippen molar-refractivity contribution >= 4 is 29.7 Å². The largest absolute Gasteiger partial charge is 0.472 e. The van der Waals surface area contributed by atoms with Crippen molar-refractivity contribution < 1.29 is 36.1 Å². The summed E-state index contributed by atoms with van der Waals surface area (Å²) in [4.78, 5) is 45.4. The Morgan fingerprint density at radius 1 is 1.13 bits per heavy atom. The maximum absolute atomic E-state index is 13.6. The number of likely N-dealkylation sites (tertiary alicyclic amines) is 1. The molecule has 47 heavy (non-hydrogen) atoms. The standard InChI is InChI=1S/C32H35F4N5O5S/c1-18-4-7-23(24(8-18)30(43)40-16-32(35,36)17-40)21-10-27(38-28(11-21)46-15-26(33)34)39-29(42)25-9-20(13-37-12-19(2)47-45-3)14-41(31(25)44)22-5-6-22/h4,7-11,14,19,22,26,37H,5-6,12-13,15-17H2,1-3H3,(H,38,39,42)/t19-/m0/s1. The van der Waals surface area contributed by atoms with Gasteiger partial charge in [-0.05, 0) is 73.6 Å². The SMILES string of the molecule is COS[C@@H](C)CNCc1cc(C(=O)Nc2cc(-c3ccc(C)cc3C(=O)N3CC(F)(F)C3)cc(OCC(F)F)n2)c(=O)n(C2CC2)c1. The Morgan fingerprint density at radius 3 is 2.53 bits per heavy atom. The van der Waals surface area contributed by atoms with E-state index in [-0.39, 0.29) is 39.7 Å². The van der Waals surface area contributed by atoms with Gasteiger partial charge in [-0.25, -0.2) is 17.6 Å². The number of amides is 2. The Hall–Kier alpha value is -3.95. The molecule has 2 aromatic heterocycles. The van der Waals surface area contributed by atoms with Crippen LogP contribution < -0.4 is 20.9 Å². The highest BCUT2D eigenvalue weighted by molar-refractivity contribution is 7.95. The van der Waals surface area contributed by atoms with Crippen molar-refractivity contribution in [2.45, 2.75) is 56.9 Å². The second-order valence-electron chi connectivity index (χ2n) is 11.7. The van der Waals surface area contributed by atoms with Gasteiger partial charge < -0.3 is 29.0 Å². The average Bonchev–Trinajstić information content (AvgIpc) is 3.84. The van der Waals surface area contributed by atoms with Crippen LogP contribution in [0, 0.1) is 6.92 Å². The fourth-order valence-electron chi connectivity index (χ4n) is 5.21. The molecule has 1 aliphatic carbocycles. The molecule has 10 nitrogen and oxygen atoms in total. The molecule has 5 rings (SSSR count). The molecule has 3 heterocycles. The first-order chi connectivity index (χ1) is 22.3. The van der Waals surface area contributed by atoms with E-state index in [0.29, 0.717) is 29.8 Å². The van der Waals surface area contributed by atoms with Crippen LogP contribution in [0.25, 0.3) is 11.1 Å². The highest BCUT2D eigenvalue weighted by Crippen LogP contribution is 2.35. The number of aromatic nitrogens is 2. The molecule has 252 valence electrons. The van der Waals surface area contributed by atoms with Gasteiger partial charge in [0.15, 0.2) is 6.61 Å². The van der Waals surface area contributed by atoms with Gasteiger partial charge in [0.25, 0.3) is 29.7 Å². The molecule has 2 aliphatic rings. The number of aryl methyl sites for hydroxylation is 1. The van der Waals surface area contributed by atoms with Gasteiger partial charge in [-0.3, -0.25) is 14.4 Å². The molecule has 1 aliphatic heterocycles. The van der Waals surface area contributed by atoms with E-state index >= 15 is 0 Å². The monoisotopic (exact) mass is 677 g/mol. The fourth-order valence-corrected chi connectivity index (χ4v) is 5.72. The van der Waals surface area contributed by atoms with Crippen LogP contribution in [-0.4, -0.2) is 77.2 Å². The Kier molecular flexibility index (Phi) is 10.6. The predicted molar refractivity (Wildman–Crippen MR) is 169 cm³/mol. The van der Waals surface area contributed by atoms with Crippen LogP contribution in [0.2, 0.25) is 0 Å². The summed E-state index contributed by atoms with van der Waals surface area (Å²) in [5, 5.41) is 6.05. The molecule has 2 amide bonds. The summed E-state index contributed by atoms with van der Waals surface area (Å²) in [5.41, 5.74) is 1.43. The van der Waals surface area contributed by atoms with Crippen LogP contribution in [-0.2, 0) is 10.7 Å². The molecule has 1 atom stereocenters. The van der Waals surface area contributed by atoms with Crippen molar-refractivity contribution in [2.75, 3.05) is 38.7 Å². The van der Waals surface area contributed by atoms with Crippen LogP contribution in [0.15, 0.2) is 47.4 Å². The summed E-state index contributed by atoms with van der Waals surface area (Å²) in [6.45, 7) is 2.28. The molecule has 1 saturated heterocycles. The third-order valence-corrected chi connectivity index (χ3v) is 8.24. The molecule has 2 fully saturated rings. The lowest BCUT2D eigenvalue weighted by Gasteiger charge is -2.39. The topological polar surface area (TPSA) is 115 Å². The van der Waals surface area contributed by atoms with Gasteiger partial charge in [0, 0.05) is 42.2 Å². The van der Waals surface area contributed by atoms with E-state index < -0.39 is 49.4 Å². The van der Waals surface area contributed by atoms with Crippen LogP contribution in [0.5, 0.6) is 5.88 Å². The number of ether oxygens (including phenoxy) is 1. The number of nitrogens with one attached hydrogen (secondary N) is 2. The van der Waals surface area contributed by atoms with Crippen LogP contribution >= 0.6 is 12.0 Å². The van der Waals surface area contributed by atoms with E-state index in [4.69, 9.17) is 8.92 Å². The van der Waals surface area contributed by atoms with Crippen molar-refractivity contribution in [3.8, 4) is 17.0 Å². The highest BCUT2D eigenvalue weighted by Gasteiger charge is 2.46. The number of halogens is 4. The second-order valence-corrected chi connectivity index (χ2v) is 13.0. The van der Waals surface area contributed by atoms with Crippen LogP contribution in [0.1, 0.15) is 57.7 Å². The molecular formula is C32H35F4N5O5S. The van der Waals surface area contributed by atoms with Crippen LogP contribution in [0.4, 0.5) is 23.4 Å². The number of carbonyl (C=O) groups excluding carboxylic acids is 2. The maximum Gasteiger partial charge on any atom is 0.282 e. The summed E-state index contributed by atoms with van der Waals surface area (Å²) in [6, 6.07) is 9.03. The Morgan fingerprint density at radius 2 is 1.87 bits per heavy atom. The zero-order chi connectivity index (χ0) is 33.9. The number of nitrogens with zero attached hydrogens (tertiary/aromatic N) is 3. The molecule has 3 aromatic rings. The predicted octanol–water partition coefficient (Wildman–Crippen LogP) is 5.31. The number of benzene rings is 1. The summed E-state index contributed by atoms with van der Waals surface area (Å²) in [6.07, 6.45) is 0.522. The Bertz CT molecular complexity index is 1690. The van der Waals surface area contributed by atoms with Crippen LogP contribution in [0.3, 0.4) is 0 Å². The number of carbonyl (C=O) groups is 2. The minimum Gasteiger partial charge on any atom is -0.472 e. The van der Waals surface area contributed by atoms with Gasteiger partial charge in [-0.15, -0.1) is 0 Å². The minimum absolute atomic E-state index is 0.0170. The lowest BCUT2D eigenvalue weighted by Crippen LogP contribution is -2.58. The summed E-state index contributed by atoms with van der Waals surface area (Å²) in [5.74, 6) is -4.78. The van der Waals surface area contributed by atoms with E-state index in [0.717, 1.165) is 17.7 Å². The van der Waals surface area contributed by atoms with E-state index in [1.165, 1.54) is 30.2 Å². The molecule has 2 N–H and O–H groups in total. The van der Waals surface area contributed by atoms with Gasteiger partial charge in [0.2, 0.25) is 5.88 Å². The van der Waals surface area contributed by atoms with Crippen molar-refractivity contribution in [1.82, 2.24) is 19.8 Å². The number of anilines is 1. The fraction of sp³-hybridized carbons (Fsp3) is 0.438. The normalized spacial score (nSPS) is 16.1. The van der Waals surface area contributed by atoms with Crippen molar-refractivity contribution in [3.05, 3.63) is 75.2 Å². The number of hydrogen-bond donors (Lipinski definition) is 2. The van der Waals surface area contributed by atoms with Crippen molar-refractivity contribution in [1.29, 1.82) is 0 Å². The van der Waals surface area contributed by atoms with Gasteiger partial charge in [0.1, 0.15) is 11.4 Å². The number of pyridine rings is 2. The lowest BCUT2D eigenvalue weighted by molar-refractivity contribution is -0.113. The molecule has 0 unspecified atom stereocenters. The number of rotatable bonds is 14. The van der Waals surface area contributed by atoms with Gasteiger partial charge in [-0.1, -0.05) is 17.7 Å². The highest BCUT2D eigenvalue weighted by atomic mass is 32.2. The molecule has 15 heteroatoms. The van der Waals surface area contributed by atoms with Gasteiger partial charge >= 0.3 is 0 Å². The Labute approximate surface area is 273 Å². The quantitative estimate of drug-likeness (QED) is 0.174. The number of hydrogen-bond acceptors (Lipinski definition) is 8. The smallest absolute Gasteiger partial charge is 0.282 e. The lowest BCUT2D eigenvalue weighted by atomic mass is 9.96. The van der Waals surface area contributed by atoms with E-state index in [2.05, 4.69) is 15.6 Å². The third kappa shape index (κ3) is 8.70. The Balaban J connectivity index is 1.46. The summed E-state index contributed by atoms with van der Waals surface area (Å²) < 4.78 is 65.1. The molecule has 1 saturated carbocycles. The average molecular weight is 678 g/mol. The molecule has 0 bridgehead atoms. The molecule has 0 spiro atoms. The van der Waals surface area contributed by atoms with E-state index in [1.54, 1.807) is 43.0 Å². The second kappa shape index (κ2) is 14.4. The van der Waals surface area contributed by atoms with Crippen molar-refractivity contribution in [3.63, 3.8) is 0 Å². The number of alkyl halides is 4. The summed E-state index contributed by atoms with van der Waals surface area (Å²) >= 11 is 1.32.